The third-order valence-corrected chi connectivity index (χ3v) is 4.63. The summed E-state index contributed by atoms with van der Waals surface area (Å²) < 4.78 is 42.9. The minimum absolute atomic E-state index is 0.122. The van der Waals surface area contributed by atoms with Gasteiger partial charge in [0.25, 0.3) is 0 Å². The molecule has 0 saturated carbocycles. The first-order valence-electron chi connectivity index (χ1n) is 7.60. The molecule has 1 aromatic carbocycles. The Hall–Kier alpha value is -1.39. The molecule has 4 N–H and O–H groups in total. The van der Waals surface area contributed by atoms with Gasteiger partial charge in [-0.05, 0) is 31.4 Å². The lowest BCUT2D eigenvalue weighted by molar-refractivity contribution is -0.120. The number of halogens is 1. The van der Waals surface area contributed by atoms with Crippen molar-refractivity contribution in [3.05, 3.63) is 35.1 Å². The van der Waals surface area contributed by atoms with E-state index in [1.54, 1.807) is 19.1 Å². The molecule has 1 saturated heterocycles. The van der Waals surface area contributed by atoms with Crippen molar-refractivity contribution in [3.63, 3.8) is 0 Å². The fraction of sp³-hybridized carbons (Fsp3) is 0.533. The van der Waals surface area contributed by atoms with Gasteiger partial charge in [0.1, 0.15) is 5.82 Å². The normalized spacial score (nSPS) is 19.6. The van der Waals surface area contributed by atoms with Crippen LogP contribution in [-0.2, 0) is 32.9 Å². The maximum absolute atomic E-state index is 14.3. The quantitative estimate of drug-likeness (QED) is 0.601. The first-order valence-corrected chi connectivity index (χ1v) is 8.68. The predicted octanol–water partition coefficient (Wildman–Crippen LogP) is 0.179. The van der Waals surface area contributed by atoms with Crippen molar-refractivity contribution in [2.24, 2.45) is 5.73 Å². The number of nitrogens with one attached hydrogen (secondary N) is 2. The number of benzene rings is 1. The Morgan fingerprint density at radius 1 is 1.50 bits per heavy atom. The van der Waals surface area contributed by atoms with Crippen molar-refractivity contribution in [2.45, 2.75) is 37.9 Å². The summed E-state index contributed by atoms with van der Waals surface area (Å²) >= 11 is -2.45. The number of rotatable bonds is 7. The third kappa shape index (κ3) is 4.58. The van der Waals surface area contributed by atoms with E-state index in [0.717, 1.165) is 0 Å². The molecule has 0 spiro atoms. The van der Waals surface area contributed by atoms with E-state index < -0.39 is 34.6 Å². The number of nitrogens with two attached hydrogens (primary N) is 1. The van der Waals surface area contributed by atoms with Gasteiger partial charge >= 0.3 is 0 Å². The van der Waals surface area contributed by atoms with E-state index in [1.165, 1.54) is 6.07 Å². The maximum atomic E-state index is 14.3. The molecule has 9 heteroatoms. The molecule has 1 heterocycles. The van der Waals surface area contributed by atoms with Crippen LogP contribution in [0.15, 0.2) is 18.2 Å². The first kappa shape index (κ1) is 18.9. The van der Waals surface area contributed by atoms with Crippen LogP contribution in [0.2, 0.25) is 0 Å². The van der Waals surface area contributed by atoms with Gasteiger partial charge in [-0.25, -0.2) is 9.11 Å². The number of primary amides is 1. The molecule has 134 valence electrons. The molecule has 2 rings (SSSR count). The molecule has 0 aromatic heterocycles. The molecule has 2 unspecified atom stereocenters. The van der Waals surface area contributed by atoms with E-state index >= 15 is 0 Å². The van der Waals surface area contributed by atoms with Crippen LogP contribution in [0.25, 0.3) is 0 Å². The number of hydrogen-bond donors (Lipinski definition) is 3. The zero-order chi connectivity index (χ0) is 17.7. The van der Waals surface area contributed by atoms with E-state index in [2.05, 4.69) is 10.0 Å². The molecule has 1 aliphatic rings. The molecule has 2 atom stereocenters. The Balaban J connectivity index is 2.27. The number of carbonyl (C=O) groups is 1. The van der Waals surface area contributed by atoms with Crippen LogP contribution in [-0.4, -0.2) is 33.9 Å². The zero-order valence-corrected chi connectivity index (χ0v) is 14.2. The molecule has 7 nitrogen and oxygen atoms in total. The van der Waals surface area contributed by atoms with Gasteiger partial charge in [0.2, 0.25) is 5.91 Å². The molecule has 1 aliphatic heterocycles. The summed E-state index contributed by atoms with van der Waals surface area (Å²) in [4.78, 5) is 11.4. The van der Waals surface area contributed by atoms with Gasteiger partial charge < -0.3 is 15.0 Å². The lowest BCUT2D eigenvalue weighted by Crippen LogP contribution is -2.54. The van der Waals surface area contributed by atoms with Gasteiger partial charge in [-0.1, -0.05) is 12.1 Å². The van der Waals surface area contributed by atoms with Crippen molar-refractivity contribution in [3.8, 4) is 0 Å². The summed E-state index contributed by atoms with van der Waals surface area (Å²) in [5.41, 5.74) is 5.66. The van der Waals surface area contributed by atoms with Crippen molar-refractivity contribution in [1.82, 2.24) is 10.0 Å². The van der Waals surface area contributed by atoms with E-state index in [9.17, 15) is 17.9 Å². The lowest BCUT2D eigenvalue weighted by Gasteiger charge is -2.40. The topological polar surface area (TPSA) is 117 Å². The fourth-order valence-corrected chi connectivity index (χ4v) is 3.12. The number of carbonyl (C=O) groups excluding carboxylic acids is 1. The summed E-state index contributed by atoms with van der Waals surface area (Å²) in [6.45, 7) is 2.51. The SMILES string of the molecule is CC(NC1(c2ccc(CNS(=O)[O-])c(F)c2)CCOCC1)C(N)=O. The molecule has 0 aliphatic carbocycles. The van der Waals surface area contributed by atoms with Crippen molar-refractivity contribution < 1.29 is 22.7 Å². The van der Waals surface area contributed by atoms with Gasteiger partial charge in [-0.15, -0.1) is 0 Å². The molecule has 0 bridgehead atoms. The Bertz CT molecular complexity index is 623. The number of hydrogen-bond acceptors (Lipinski definition) is 5. The number of amides is 1. The summed E-state index contributed by atoms with van der Waals surface area (Å²) in [5, 5.41) is 3.21. The monoisotopic (exact) mass is 358 g/mol. The molecule has 1 amide bonds. The van der Waals surface area contributed by atoms with Crippen LogP contribution in [0.4, 0.5) is 4.39 Å². The third-order valence-electron chi connectivity index (χ3n) is 4.25. The summed E-state index contributed by atoms with van der Waals surface area (Å²) in [6, 6.07) is 4.07. The molecule has 0 radical (unpaired) electrons. The molecule has 1 aromatic rings. The maximum Gasteiger partial charge on any atom is 0.234 e. The Morgan fingerprint density at radius 2 is 2.17 bits per heavy atom. The van der Waals surface area contributed by atoms with Gasteiger partial charge in [-0.3, -0.25) is 14.3 Å². The Kier molecular flexibility index (Phi) is 6.41. The van der Waals surface area contributed by atoms with Gasteiger partial charge in [0.15, 0.2) is 0 Å². The minimum atomic E-state index is -2.45. The summed E-state index contributed by atoms with van der Waals surface area (Å²) in [5.74, 6) is -0.995. The Labute approximate surface area is 142 Å². The second-order valence-electron chi connectivity index (χ2n) is 5.82. The smallest absolute Gasteiger partial charge is 0.234 e. The predicted molar refractivity (Wildman–Crippen MR) is 85.7 cm³/mol. The highest BCUT2D eigenvalue weighted by atomic mass is 32.2. The zero-order valence-electron chi connectivity index (χ0n) is 13.3. The highest BCUT2D eigenvalue weighted by Gasteiger charge is 2.36. The first-order chi connectivity index (χ1) is 11.3. The second kappa shape index (κ2) is 8.13. The summed E-state index contributed by atoms with van der Waals surface area (Å²) in [7, 11) is 0. The largest absolute Gasteiger partial charge is 0.760 e. The molecule has 1 fully saturated rings. The van der Waals surface area contributed by atoms with Crippen molar-refractivity contribution >= 4 is 17.2 Å². The molecular formula is C15H21FN3O4S-. The average molecular weight is 358 g/mol. The molecule has 24 heavy (non-hydrogen) atoms. The van der Waals surface area contributed by atoms with Gasteiger partial charge in [0, 0.05) is 42.1 Å². The van der Waals surface area contributed by atoms with E-state index in [-0.39, 0.29) is 12.1 Å². The van der Waals surface area contributed by atoms with Crippen molar-refractivity contribution in [1.29, 1.82) is 0 Å². The van der Waals surface area contributed by atoms with E-state index in [1.807, 2.05) is 0 Å². The second-order valence-corrected chi connectivity index (χ2v) is 6.58. The van der Waals surface area contributed by atoms with Crippen LogP contribution >= 0.6 is 0 Å². The van der Waals surface area contributed by atoms with Crippen LogP contribution in [0.5, 0.6) is 0 Å². The Morgan fingerprint density at radius 3 is 2.71 bits per heavy atom. The number of ether oxygens (including phenoxy) is 1. The van der Waals surface area contributed by atoms with Crippen LogP contribution in [0, 0.1) is 5.82 Å². The standard InChI is InChI=1S/C15H22FN3O4S/c1-10(14(17)20)19-15(4-6-23-7-5-15)12-3-2-11(13(16)8-12)9-18-24(21)22/h2-3,8,10,18-19H,4-7,9H2,1H3,(H2,17,20)(H,21,22)/p-1. The highest BCUT2D eigenvalue weighted by Crippen LogP contribution is 2.33. The minimum Gasteiger partial charge on any atom is -0.760 e. The average Bonchev–Trinajstić information content (AvgIpc) is 2.54. The van der Waals surface area contributed by atoms with Gasteiger partial charge in [-0.2, -0.15) is 0 Å². The lowest BCUT2D eigenvalue weighted by atomic mass is 9.81. The van der Waals surface area contributed by atoms with Gasteiger partial charge in [0.05, 0.1) is 6.04 Å². The van der Waals surface area contributed by atoms with Crippen molar-refractivity contribution in [2.75, 3.05) is 13.2 Å². The van der Waals surface area contributed by atoms with Crippen LogP contribution in [0.1, 0.15) is 30.9 Å². The van der Waals surface area contributed by atoms with Crippen LogP contribution in [0.3, 0.4) is 0 Å². The molecular weight excluding hydrogens is 337 g/mol. The van der Waals surface area contributed by atoms with E-state index in [4.69, 9.17) is 10.5 Å². The summed E-state index contributed by atoms with van der Waals surface area (Å²) in [6.07, 6.45) is 1.15. The highest BCUT2D eigenvalue weighted by molar-refractivity contribution is 7.77. The fourth-order valence-electron chi connectivity index (χ4n) is 2.85. The van der Waals surface area contributed by atoms with Crippen LogP contribution < -0.4 is 15.8 Å². The van der Waals surface area contributed by atoms with E-state index in [0.29, 0.717) is 31.6 Å².